The summed E-state index contributed by atoms with van der Waals surface area (Å²) in [5, 5.41) is 4.12. The van der Waals surface area contributed by atoms with Gasteiger partial charge in [0.15, 0.2) is 0 Å². The van der Waals surface area contributed by atoms with Crippen molar-refractivity contribution >= 4 is 11.4 Å². The van der Waals surface area contributed by atoms with Gasteiger partial charge in [0.1, 0.15) is 0 Å². The second-order valence-electron chi connectivity index (χ2n) is 4.20. The lowest BCUT2D eigenvalue weighted by atomic mass is 10.1. The van der Waals surface area contributed by atoms with E-state index in [0.29, 0.717) is 0 Å². The highest BCUT2D eigenvalue weighted by Gasteiger charge is 2.22. The third-order valence-corrected chi connectivity index (χ3v) is 2.99. The van der Waals surface area contributed by atoms with Crippen LogP contribution in [0.5, 0.6) is 0 Å². The van der Waals surface area contributed by atoms with Crippen LogP contribution in [0.4, 0.5) is 5.69 Å². The Labute approximate surface area is 107 Å². The Morgan fingerprint density at radius 3 is 2.11 bits per heavy atom. The summed E-state index contributed by atoms with van der Waals surface area (Å²) in [5.74, 6) is 0. The summed E-state index contributed by atoms with van der Waals surface area (Å²) in [6.07, 6.45) is 2.02. The van der Waals surface area contributed by atoms with E-state index >= 15 is 0 Å². The second-order valence-corrected chi connectivity index (χ2v) is 4.20. The molecule has 0 aromatic heterocycles. The van der Waals surface area contributed by atoms with Gasteiger partial charge in [-0.15, -0.1) is 5.12 Å². The summed E-state index contributed by atoms with van der Waals surface area (Å²) >= 11 is 0. The van der Waals surface area contributed by atoms with Gasteiger partial charge in [-0.3, -0.25) is 5.01 Å². The summed E-state index contributed by atoms with van der Waals surface area (Å²) < 4.78 is 0. The van der Waals surface area contributed by atoms with Gasteiger partial charge in [-0.1, -0.05) is 48.5 Å². The molecule has 0 atom stereocenters. The number of para-hydroxylation sites is 1. The highest BCUT2D eigenvalue weighted by Crippen LogP contribution is 2.29. The first-order chi connectivity index (χ1) is 8.86. The number of hydrogen-bond donors (Lipinski definition) is 1. The molecule has 2 aromatic rings. The van der Waals surface area contributed by atoms with E-state index in [4.69, 9.17) is 0 Å². The van der Waals surface area contributed by atoms with Gasteiger partial charge in [-0.05, 0) is 12.1 Å². The maximum absolute atomic E-state index is 3.21. The van der Waals surface area contributed by atoms with Crippen molar-refractivity contribution in [1.29, 1.82) is 0 Å². The molecule has 1 aliphatic heterocycles. The van der Waals surface area contributed by atoms with Gasteiger partial charge < -0.3 is 5.43 Å². The zero-order valence-corrected chi connectivity index (χ0v) is 10.2. The van der Waals surface area contributed by atoms with Gasteiger partial charge >= 0.3 is 0 Å². The molecule has 0 fully saturated rings. The lowest BCUT2D eigenvalue weighted by molar-refractivity contribution is 0.305. The van der Waals surface area contributed by atoms with Crippen molar-refractivity contribution < 1.29 is 0 Å². The molecule has 1 N–H and O–H groups in total. The molecule has 18 heavy (non-hydrogen) atoms. The van der Waals surface area contributed by atoms with Crippen LogP contribution in [0.25, 0.3) is 5.70 Å². The van der Waals surface area contributed by atoms with Crippen molar-refractivity contribution in [3.8, 4) is 0 Å². The van der Waals surface area contributed by atoms with Gasteiger partial charge in [0.05, 0.1) is 11.4 Å². The molecule has 0 saturated heterocycles. The Hall–Kier alpha value is -2.26. The lowest BCUT2D eigenvalue weighted by Crippen LogP contribution is -2.39. The number of hydrazine groups is 2. The molecule has 3 nitrogen and oxygen atoms in total. The molecule has 2 aromatic carbocycles. The Kier molecular flexibility index (Phi) is 2.74. The Morgan fingerprint density at radius 1 is 0.833 bits per heavy atom. The fourth-order valence-electron chi connectivity index (χ4n) is 2.13. The minimum atomic E-state index is 1.14. The topological polar surface area (TPSA) is 18.5 Å². The van der Waals surface area contributed by atoms with Crippen molar-refractivity contribution in [2.75, 3.05) is 12.1 Å². The molecule has 0 spiro atoms. The Bertz CT molecular complexity index is 548. The van der Waals surface area contributed by atoms with E-state index in [1.54, 1.807) is 0 Å². The average molecular weight is 237 g/mol. The van der Waals surface area contributed by atoms with Crippen LogP contribution in [-0.2, 0) is 0 Å². The molecule has 1 heterocycles. The first-order valence-electron chi connectivity index (χ1n) is 5.97. The van der Waals surface area contributed by atoms with Crippen LogP contribution in [0.15, 0.2) is 66.9 Å². The number of anilines is 1. The lowest BCUT2D eigenvalue weighted by Gasteiger charge is -2.28. The first kappa shape index (κ1) is 10.9. The maximum Gasteiger partial charge on any atom is 0.0842 e. The van der Waals surface area contributed by atoms with Crippen molar-refractivity contribution in [2.45, 2.75) is 0 Å². The third kappa shape index (κ3) is 1.85. The summed E-state index contributed by atoms with van der Waals surface area (Å²) in [7, 11) is 2.00. The predicted octanol–water partition coefficient (Wildman–Crippen LogP) is 2.86. The van der Waals surface area contributed by atoms with E-state index < -0.39 is 0 Å². The zero-order valence-electron chi connectivity index (χ0n) is 10.2. The minimum Gasteiger partial charge on any atom is -0.306 e. The SMILES string of the molecule is CN1NC=C(c2ccccc2)N1c1ccccc1. The standard InChI is InChI=1S/C15H15N3/c1-17-16-12-15(13-8-4-2-5-9-13)18(17)14-10-6-3-7-11-14/h2-12,16H,1H3. The van der Waals surface area contributed by atoms with Gasteiger partial charge in [-0.25, -0.2) is 0 Å². The van der Waals surface area contributed by atoms with Crippen LogP contribution < -0.4 is 10.4 Å². The van der Waals surface area contributed by atoms with Gasteiger partial charge in [-0.2, -0.15) is 0 Å². The van der Waals surface area contributed by atoms with Crippen LogP contribution >= 0.6 is 0 Å². The van der Waals surface area contributed by atoms with E-state index in [2.05, 4.69) is 46.8 Å². The van der Waals surface area contributed by atoms with Gasteiger partial charge in [0, 0.05) is 18.8 Å². The molecule has 3 rings (SSSR count). The smallest absolute Gasteiger partial charge is 0.0842 e. The van der Waals surface area contributed by atoms with E-state index in [-0.39, 0.29) is 0 Å². The third-order valence-electron chi connectivity index (χ3n) is 2.99. The monoisotopic (exact) mass is 237 g/mol. The highest BCUT2D eigenvalue weighted by atomic mass is 15.8. The molecule has 1 aliphatic rings. The normalized spacial score (nSPS) is 15.4. The molecule has 90 valence electrons. The number of nitrogens with zero attached hydrogens (tertiary/aromatic N) is 2. The maximum atomic E-state index is 3.21. The summed E-state index contributed by atoms with van der Waals surface area (Å²) in [5.41, 5.74) is 6.69. The molecule has 0 radical (unpaired) electrons. The van der Waals surface area contributed by atoms with E-state index in [9.17, 15) is 0 Å². The summed E-state index contributed by atoms with van der Waals surface area (Å²) in [6, 6.07) is 20.7. The fourth-order valence-corrected chi connectivity index (χ4v) is 2.13. The highest BCUT2D eigenvalue weighted by molar-refractivity contribution is 5.79. The van der Waals surface area contributed by atoms with E-state index in [1.165, 1.54) is 5.56 Å². The van der Waals surface area contributed by atoms with Crippen LogP contribution in [0, 0.1) is 0 Å². The molecule has 0 saturated carbocycles. The van der Waals surface area contributed by atoms with Crippen molar-refractivity contribution in [1.82, 2.24) is 10.5 Å². The minimum absolute atomic E-state index is 1.14. The fraction of sp³-hybridized carbons (Fsp3) is 0.0667. The number of hydrogen-bond acceptors (Lipinski definition) is 3. The Balaban J connectivity index is 2.00. The van der Waals surface area contributed by atoms with Crippen LogP contribution in [0.3, 0.4) is 0 Å². The van der Waals surface area contributed by atoms with E-state index in [0.717, 1.165) is 11.4 Å². The predicted molar refractivity (Wildman–Crippen MR) is 74.2 cm³/mol. The summed E-state index contributed by atoms with van der Waals surface area (Å²) in [6.45, 7) is 0. The molecule has 0 unspecified atom stereocenters. The van der Waals surface area contributed by atoms with Crippen molar-refractivity contribution in [3.63, 3.8) is 0 Å². The molecular weight excluding hydrogens is 222 g/mol. The molecule has 0 aliphatic carbocycles. The van der Waals surface area contributed by atoms with Gasteiger partial charge in [0.2, 0.25) is 0 Å². The van der Waals surface area contributed by atoms with Crippen LogP contribution in [0.2, 0.25) is 0 Å². The Morgan fingerprint density at radius 2 is 1.44 bits per heavy atom. The first-order valence-corrected chi connectivity index (χ1v) is 5.97. The molecule has 0 bridgehead atoms. The number of rotatable bonds is 2. The average Bonchev–Trinajstić information content (AvgIpc) is 2.83. The second kappa shape index (κ2) is 4.55. The van der Waals surface area contributed by atoms with E-state index in [1.807, 2.05) is 42.6 Å². The molecule has 3 heteroatoms. The van der Waals surface area contributed by atoms with Crippen LogP contribution in [0.1, 0.15) is 5.56 Å². The quantitative estimate of drug-likeness (QED) is 0.866. The number of nitrogens with one attached hydrogen (secondary N) is 1. The van der Waals surface area contributed by atoms with Crippen LogP contribution in [-0.4, -0.2) is 12.2 Å². The van der Waals surface area contributed by atoms with Crippen molar-refractivity contribution in [3.05, 3.63) is 72.4 Å². The molecular formula is C15H15N3. The zero-order chi connectivity index (χ0) is 12.4. The van der Waals surface area contributed by atoms with Crippen molar-refractivity contribution in [2.24, 2.45) is 0 Å². The largest absolute Gasteiger partial charge is 0.306 e. The number of benzene rings is 2. The summed E-state index contributed by atoms with van der Waals surface area (Å²) in [4.78, 5) is 0. The van der Waals surface area contributed by atoms with Gasteiger partial charge in [0.25, 0.3) is 0 Å². The molecule has 0 amide bonds.